The molecule has 0 aromatic carbocycles. The molecule has 0 bridgehead atoms. The van der Waals surface area contributed by atoms with E-state index in [0.29, 0.717) is 0 Å². The van der Waals surface area contributed by atoms with Gasteiger partial charge in [-0.1, -0.05) is 26.8 Å². The highest BCUT2D eigenvalue weighted by atomic mass is 14.7. The fourth-order valence-corrected chi connectivity index (χ4v) is 2.03. The summed E-state index contributed by atoms with van der Waals surface area (Å²) in [6, 6.07) is 0. The summed E-state index contributed by atoms with van der Waals surface area (Å²) in [4.78, 5) is 0. The van der Waals surface area contributed by atoms with Gasteiger partial charge in [0.25, 0.3) is 0 Å². The predicted octanol–water partition coefficient (Wildman–Crippen LogP) is 2.46. The smallest absolute Gasteiger partial charge is 0.0381 e. The van der Waals surface area contributed by atoms with E-state index in [-0.39, 0.29) is 5.54 Å². The van der Waals surface area contributed by atoms with Crippen LogP contribution < -0.4 is 11.5 Å². The second-order valence-corrected chi connectivity index (χ2v) is 4.16. The van der Waals surface area contributed by atoms with Gasteiger partial charge in [-0.05, 0) is 36.8 Å². The molecule has 1 rings (SSSR count). The summed E-state index contributed by atoms with van der Waals surface area (Å²) in [6.07, 6.45) is 6.07. The lowest BCUT2D eigenvalue weighted by molar-refractivity contribution is 0.485. The molecule has 0 fully saturated rings. The molecule has 0 spiro atoms. The van der Waals surface area contributed by atoms with E-state index in [4.69, 9.17) is 11.5 Å². The van der Waals surface area contributed by atoms with Crippen LogP contribution in [0, 0.1) is 0 Å². The van der Waals surface area contributed by atoms with Gasteiger partial charge >= 0.3 is 0 Å². The zero-order valence-electron chi connectivity index (χ0n) is 9.56. The lowest BCUT2D eigenvalue weighted by Gasteiger charge is -2.32. The number of hydrogen-bond donors (Lipinski definition) is 2. The fraction of sp³-hybridized carbons (Fsp3) is 0.667. The van der Waals surface area contributed by atoms with Crippen molar-refractivity contribution in [3.05, 3.63) is 22.9 Å². The Morgan fingerprint density at radius 2 is 1.93 bits per heavy atom. The van der Waals surface area contributed by atoms with E-state index in [2.05, 4.69) is 26.8 Å². The van der Waals surface area contributed by atoms with Crippen LogP contribution >= 0.6 is 0 Å². The van der Waals surface area contributed by atoms with Crippen molar-refractivity contribution >= 4 is 0 Å². The van der Waals surface area contributed by atoms with Gasteiger partial charge in [0.15, 0.2) is 0 Å². The van der Waals surface area contributed by atoms with Crippen molar-refractivity contribution in [2.24, 2.45) is 11.5 Å². The first kappa shape index (κ1) is 11.3. The van der Waals surface area contributed by atoms with E-state index in [1.165, 1.54) is 11.1 Å². The molecule has 0 aromatic rings. The number of nitrogens with two attached hydrogens (primary N) is 2. The Hall–Kier alpha value is -0.760. The highest BCUT2D eigenvalue weighted by molar-refractivity contribution is 5.40. The van der Waals surface area contributed by atoms with E-state index in [0.717, 1.165) is 31.4 Å². The summed E-state index contributed by atoms with van der Waals surface area (Å²) >= 11 is 0. The van der Waals surface area contributed by atoms with Crippen LogP contribution in [-0.2, 0) is 0 Å². The second kappa shape index (κ2) is 4.18. The van der Waals surface area contributed by atoms with Gasteiger partial charge in [-0.25, -0.2) is 0 Å². The zero-order chi connectivity index (χ0) is 10.8. The zero-order valence-corrected chi connectivity index (χ0v) is 9.56. The monoisotopic (exact) mass is 194 g/mol. The van der Waals surface area contributed by atoms with Gasteiger partial charge in [0.1, 0.15) is 0 Å². The Morgan fingerprint density at radius 1 is 1.29 bits per heavy atom. The van der Waals surface area contributed by atoms with Crippen molar-refractivity contribution in [1.82, 2.24) is 0 Å². The minimum Gasteiger partial charge on any atom is -0.399 e. The molecular formula is C12H22N2. The van der Waals surface area contributed by atoms with E-state index in [1.54, 1.807) is 0 Å². The van der Waals surface area contributed by atoms with Crippen LogP contribution in [0.15, 0.2) is 22.9 Å². The first-order chi connectivity index (χ1) is 6.56. The Kier molecular flexibility index (Phi) is 3.38. The van der Waals surface area contributed by atoms with Crippen LogP contribution in [0.2, 0.25) is 0 Å². The second-order valence-electron chi connectivity index (χ2n) is 4.16. The number of rotatable bonds is 3. The average molecular weight is 194 g/mol. The molecule has 2 nitrogen and oxygen atoms in total. The van der Waals surface area contributed by atoms with Crippen molar-refractivity contribution in [1.29, 1.82) is 0 Å². The molecule has 1 atom stereocenters. The molecule has 4 N–H and O–H groups in total. The van der Waals surface area contributed by atoms with Crippen molar-refractivity contribution in [3.8, 4) is 0 Å². The standard InChI is InChI=1S/C12H22N2/c1-4-9-7-12(14,6-3)8-10(5-2)11(9)13/h7H,4-6,8,13-14H2,1-3H3. The fourth-order valence-electron chi connectivity index (χ4n) is 2.03. The normalized spacial score (nSPS) is 27.9. The van der Waals surface area contributed by atoms with Crippen LogP contribution in [0.25, 0.3) is 0 Å². The van der Waals surface area contributed by atoms with Gasteiger partial charge in [0.05, 0.1) is 0 Å². The maximum absolute atomic E-state index is 6.29. The highest BCUT2D eigenvalue weighted by Gasteiger charge is 2.27. The SMILES string of the molecule is CCC1=CC(N)(CC)CC(CC)=C1N. The van der Waals surface area contributed by atoms with E-state index < -0.39 is 0 Å². The summed E-state index contributed by atoms with van der Waals surface area (Å²) in [5, 5.41) is 0. The van der Waals surface area contributed by atoms with Gasteiger partial charge in [0, 0.05) is 11.2 Å². The Bertz CT molecular complexity index is 276. The lowest BCUT2D eigenvalue weighted by Crippen LogP contribution is -2.40. The van der Waals surface area contributed by atoms with Gasteiger partial charge in [0.2, 0.25) is 0 Å². The van der Waals surface area contributed by atoms with E-state index in [1.807, 2.05) is 0 Å². The number of allylic oxidation sites excluding steroid dienone is 1. The molecule has 1 unspecified atom stereocenters. The van der Waals surface area contributed by atoms with Crippen LogP contribution in [0.3, 0.4) is 0 Å². The molecule has 0 amide bonds. The summed E-state index contributed by atoms with van der Waals surface area (Å²) in [5.74, 6) is 0. The quantitative estimate of drug-likeness (QED) is 0.725. The molecule has 0 aliphatic heterocycles. The molecule has 1 aliphatic rings. The molecule has 0 aromatic heterocycles. The first-order valence-electron chi connectivity index (χ1n) is 5.54. The van der Waals surface area contributed by atoms with E-state index >= 15 is 0 Å². The molecular weight excluding hydrogens is 172 g/mol. The maximum Gasteiger partial charge on any atom is 0.0381 e. The minimum absolute atomic E-state index is 0.153. The Labute approximate surface area is 87.0 Å². The van der Waals surface area contributed by atoms with Gasteiger partial charge in [-0.2, -0.15) is 0 Å². The first-order valence-corrected chi connectivity index (χ1v) is 5.54. The van der Waals surface area contributed by atoms with Crippen molar-refractivity contribution in [3.63, 3.8) is 0 Å². The molecule has 2 heteroatoms. The van der Waals surface area contributed by atoms with Crippen molar-refractivity contribution in [2.75, 3.05) is 0 Å². The average Bonchev–Trinajstić information content (AvgIpc) is 2.21. The summed E-state index contributed by atoms with van der Waals surface area (Å²) in [5.41, 5.74) is 15.8. The predicted molar refractivity (Wildman–Crippen MR) is 61.7 cm³/mol. The third kappa shape index (κ3) is 2.01. The summed E-state index contributed by atoms with van der Waals surface area (Å²) < 4.78 is 0. The van der Waals surface area contributed by atoms with Crippen LogP contribution in [0.4, 0.5) is 0 Å². The maximum atomic E-state index is 6.29. The van der Waals surface area contributed by atoms with Crippen molar-refractivity contribution in [2.45, 2.75) is 52.0 Å². The van der Waals surface area contributed by atoms with Crippen LogP contribution in [0.5, 0.6) is 0 Å². The molecule has 0 saturated heterocycles. The molecule has 0 saturated carbocycles. The van der Waals surface area contributed by atoms with E-state index in [9.17, 15) is 0 Å². The third-order valence-electron chi connectivity index (χ3n) is 3.20. The number of hydrogen-bond acceptors (Lipinski definition) is 2. The molecule has 0 radical (unpaired) electrons. The highest BCUT2D eigenvalue weighted by Crippen LogP contribution is 2.32. The lowest BCUT2D eigenvalue weighted by atomic mass is 9.79. The Morgan fingerprint density at radius 3 is 2.36 bits per heavy atom. The van der Waals surface area contributed by atoms with Crippen molar-refractivity contribution < 1.29 is 0 Å². The van der Waals surface area contributed by atoms with Crippen LogP contribution in [-0.4, -0.2) is 5.54 Å². The third-order valence-corrected chi connectivity index (χ3v) is 3.20. The van der Waals surface area contributed by atoms with Crippen LogP contribution in [0.1, 0.15) is 46.5 Å². The molecule has 1 aliphatic carbocycles. The topological polar surface area (TPSA) is 52.0 Å². The van der Waals surface area contributed by atoms with Gasteiger partial charge in [-0.15, -0.1) is 0 Å². The Balaban J connectivity index is 3.05. The molecule has 14 heavy (non-hydrogen) atoms. The molecule has 80 valence electrons. The minimum atomic E-state index is -0.153. The van der Waals surface area contributed by atoms with Gasteiger partial charge in [-0.3, -0.25) is 0 Å². The summed E-state index contributed by atoms with van der Waals surface area (Å²) in [7, 11) is 0. The molecule has 0 heterocycles. The summed E-state index contributed by atoms with van der Waals surface area (Å²) in [6.45, 7) is 6.42. The largest absolute Gasteiger partial charge is 0.399 e. The van der Waals surface area contributed by atoms with Gasteiger partial charge < -0.3 is 11.5 Å².